The zero-order valence-electron chi connectivity index (χ0n) is 8.49. The lowest BCUT2D eigenvalue weighted by Crippen LogP contribution is -2.30. The largest absolute Gasteiger partial charge is 0.383 e. The number of ether oxygens (including phenoxy) is 1. The summed E-state index contributed by atoms with van der Waals surface area (Å²) in [5, 5.41) is 0. The Labute approximate surface area is 108 Å². The molecular weight excluding hydrogens is 328 g/mol. The van der Waals surface area contributed by atoms with Gasteiger partial charge in [-0.25, -0.2) is 9.97 Å². The van der Waals surface area contributed by atoms with E-state index < -0.39 is 0 Å². The molecule has 1 aromatic rings. The van der Waals surface area contributed by atoms with Gasteiger partial charge in [0.1, 0.15) is 12.1 Å². The summed E-state index contributed by atoms with van der Waals surface area (Å²) in [7, 11) is 1.68. The van der Waals surface area contributed by atoms with Gasteiger partial charge >= 0.3 is 0 Å². The number of halogens is 2. The summed E-state index contributed by atoms with van der Waals surface area (Å²) in [5.41, 5.74) is 0. The minimum Gasteiger partial charge on any atom is -0.383 e. The highest BCUT2D eigenvalue weighted by atomic mass is 127. The Bertz CT molecular complexity index is 300. The zero-order chi connectivity index (χ0) is 11.1. The van der Waals surface area contributed by atoms with Gasteiger partial charge in [0.2, 0.25) is 0 Å². The smallest absolute Gasteiger partial charge is 0.145 e. The molecule has 0 saturated heterocycles. The maximum atomic E-state index is 5.75. The van der Waals surface area contributed by atoms with Crippen molar-refractivity contribution in [3.8, 4) is 0 Å². The first-order valence-electron chi connectivity index (χ1n) is 4.55. The molecule has 0 saturated carbocycles. The van der Waals surface area contributed by atoms with Crippen LogP contribution >= 0.6 is 34.2 Å². The summed E-state index contributed by atoms with van der Waals surface area (Å²) in [6.07, 6.45) is 3.34. The summed E-state index contributed by atoms with van der Waals surface area (Å²) < 4.78 is 6.07. The second kappa shape index (κ2) is 7.19. The van der Waals surface area contributed by atoms with Gasteiger partial charge in [0.05, 0.1) is 10.2 Å². The molecular formula is C9H13ClIN3O. The zero-order valence-corrected chi connectivity index (χ0v) is 11.4. The Morgan fingerprint density at radius 3 is 2.93 bits per heavy atom. The van der Waals surface area contributed by atoms with Crippen LogP contribution in [0, 0.1) is 3.57 Å². The van der Waals surface area contributed by atoms with Crippen LogP contribution in [0.1, 0.15) is 0 Å². The van der Waals surface area contributed by atoms with Gasteiger partial charge in [-0.15, -0.1) is 11.6 Å². The fourth-order valence-corrected chi connectivity index (χ4v) is 2.01. The van der Waals surface area contributed by atoms with Crippen LogP contribution in [0.4, 0.5) is 5.82 Å². The fourth-order valence-electron chi connectivity index (χ4n) is 1.17. The van der Waals surface area contributed by atoms with Crippen molar-refractivity contribution in [2.24, 2.45) is 0 Å². The van der Waals surface area contributed by atoms with E-state index in [1.165, 1.54) is 0 Å². The third-order valence-corrected chi connectivity index (χ3v) is 2.80. The summed E-state index contributed by atoms with van der Waals surface area (Å²) in [5.74, 6) is 1.49. The van der Waals surface area contributed by atoms with Crippen molar-refractivity contribution in [3.63, 3.8) is 0 Å². The Hall–Kier alpha value is -0.140. The van der Waals surface area contributed by atoms with E-state index in [9.17, 15) is 0 Å². The molecule has 0 aliphatic heterocycles. The maximum absolute atomic E-state index is 5.75. The highest BCUT2D eigenvalue weighted by Crippen LogP contribution is 2.17. The minimum atomic E-state index is 0.573. The molecule has 1 rings (SSSR count). The van der Waals surface area contributed by atoms with Crippen LogP contribution in [-0.4, -0.2) is 42.7 Å². The lowest BCUT2D eigenvalue weighted by atomic mass is 10.4. The summed E-state index contributed by atoms with van der Waals surface area (Å²) in [6, 6.07) is 0. The van der Waals surface area contributed by atoms with Gasteiger partial charge < -0.3 is 9.64 Å². The van der Waals surface area contributed by atoms with E-state index in [0.29, 0.717) is 12.5 Å². The van der Waals surface area contributed by atoms with Gasteiger partial charge in [0.15, 0.2) is 0 Å². The number of methoxy groups -OCH3 is 1. The van der Waals surface area contributed by atoms with E-state index in [2.05, 4.69) is 37.5 Å². The van der Waals surface area contributed by atoms with E-state index in [0.717, 1.165) is 22.5 Å². The molecule has 0 aliphatic rings. The van der Waals surface area contributed by atoms with Gasteiger partial charge in [-0.05, 0) is 22.6 Å². The van der Waals surface area contributed by atoms with E-state index in [1.54, 1.807) is 19.6 Å². The lowest BCUT2D eigenvalue weighted by molar-refractivity contribution is 0.205. The van der Waals surface area contributed by atoms with Crippen molar-refractivity contribution in [1.29, 1.82) is 0 Å². The van der Waals surface area contributed by atoms with Gasteiger partial charge in [0.25, 0.3) is 0 Å². The highest BCUT2D eigenvalue weighted by Gasteiger charge is 2.10. The van der Waals surface area contributed by atoms with Crippen molar-refractivity contribution in [2.75, 3.05) is 37.6 Å². The Balaban J connectivity index is 2.74. The number of hydrogen-bond acceptors (Lipinski definition) is 4. The predicted octanol–water partition coefficient (Wildman–Crippen LogP) is 1.77. The number of anilines is 1. The molecule has 0 bridgehead atoms. The second-order valence-corrected chi connectivity index (χ2v) is 4.40. The Kier molecular flexibility index (Phi) is 6.19. The Morgan fingerprint density at radius 2 is 2.33 bits per heavy atom. The van der Waals surface area contributed by atoms with Crippen LogP contribution in [0.3, 0.4) is 0 Å². The molecule has 4 nitrogen and oxygen atoms in total. The normalized spacial score (nSPS) is 10.3. The summed E-state index contributed by atoms with van der Waals surface area (Å²) in [6.45, 7) is 2.21. The van der Waals surface area contributed by atoms with Crippen molar-refractivity contribution in [1.82, 2.24) is 9.97 Å². The van der Waals surface area contributed by atoms with Crippen molar-refractivity contribution in [2.45, 2.75) is 0 Å². The summed E-state index contributed by atoms with van der Waals surface area (Å²) in [4.78, 5) is 10.3. The molecule has 0 unspecified atom stereocenters. The molecule has 0 atom stereocenters. The molecule has 0 fully saturated rings. The maximum Gasteiger partial charge on any atom is 0.145 e. The van der Waals surface area contributed by atoms with Crippen LogP contribution in [0.15, 0.2) is 12.5 Å². The molecule has 84 valence electrons. The molecule has 0 aliphatic carbocycles. The van der Waals surface area contributed by atoms with Gasteiger partial charge in [-0.1, -0.05) is 0 Å². The average Bonchev–Trinajstić information content (AvgIpc) is 2.25. The van der Waals surface area contributed by atoms with Crippen molar-refractivity contribution < 1.29 is 4.74 Å². The number of alkyl halides is 1. The quantitative estimate of drug-likeness (QED) is 0.584. The first-order chi connectivity index (χ1) is 7.29. The van der Waals surface area contributed by atoms with Crippen molar-refractivity contribution >= 4 is 40.0 Å². The lowest BCUT2D eigenvalue weighted by Gasteiger charge is -2.22. The van der Waals surface area contributed by atoms with E-state index in [4.69, 9.17) is 16.3 Å². The van der Waals surface area contributed by atoms with Gasteiger partial charge in [-0.2, -0.15) is 0 Å². The minimum absolute atomic E-state index is 0.573. The van der Waals surface area contributed by atoms with Crippen LogP contribution in [-0.2, 0) is 4.74 Å². The van der Waals surface area contributed by atoms with Gasteiger partial charge in [0, 0.05) is 32.3 Å². The first-order valence-corrected chi connectivity index (χ1v) is 6.16. The van der Waals surface area contributed by atoms with Crippen LogP contribution in [0.2, 0.25) is 0 Å². The van der Waals surface area contributed by atoms with E-state index in [1.807, 2.05) is 0 Å². The molecule has 0 radical (unpaired) electrons. The molecule has 6 heteroatoms. The first kappa shape index (κ1) is 12.9. The predicted molar refractivity (Wildman–Crippen MR) is 69.6 cm³/mol. The number of hydrogen-bond donors (Lipinski definition) is 0. The molecule has 1 heterocycles. The fraction of sp³-hybridized carbons (Fsp3) is 0.556. The van der Waals surface area contributed by atoms with Crippen molar-refractivity contribution in [3.05, 3.63) is 16.1 Å². The molecule has 0 aromatic carbocycles. The topological polar surface area (TPSA) is 38.2 Å². The monoisotopic (exact) mass is 341 g/mol. The average molecular weight is 342 g/mol. The molecule has 15 heavy (non-hydrogen) atoms. The van der Waals surface area contributed by atoms with Crippen LogP contribution in [0.5, 0.6) is 0 Å². The highest BCUT2D eigenvalue weighted by molar-refractivity contribution is 14.1. The Morgan fingerprint density at radius 1 is 1.53 bits per heavy atom. The second-order valence-electron chi connectivity index (χ2n) is 2.86. The SMILES string of the molecule is COCCN(CCCl)c1ncncc1I. The molecule has 1 aromatic heterocycles. The molecule has 0 N–H and O–H groups in total. The number of nitrogens with zero attached hydrogens (tertiary/aromatic N) is 3. The van der Waals surface area contributed by atoms with E-state index in [-0.39, 0.29) is 0 Å². The summed E-state index contributed by atoms with van der Waals surface area (Å²) >= 11 is 7.97. The van der Waals surface area contributed by atoms with Gasteiger partial charge in [-0.3, -0.25) is 0 Å². The van der Waals surface area contributed by atoms with Crippen LogP contribution < -0.4 is 4.90 Å². The third kappa shape index (κ3) is 4.08. The third-order valence-electron chi connectivity index (χ3n) is 1.87. The standard InChI is InChI=1S/C9H13ClIN3O/c1-15-5-4-14(3-2-10)9-8(11)6-12-7-13-9/h6-7H,2-5H2,1H3. The number of rotatable bonds is 6. The molecule has 0 amide bonds. The number of aromatic nitrogens is 2. The van der Waals surface area contributed by atoms with Crippen LogP contribution in [0.25, 0.3) is 0 Å². The molecule has 0 spiro atoms. The van der Waals surface area contributed by atoms with E-state index >= 15 is 0 Å².